The second-order valence-electron chi connectivity index (χ2n) is 4.68. The second kappa shape index (κ2) is 9.16. The van der Waals surface area contributed by atoms with Crippen molar-refractivity contribution in [2.45, 2.75) is 18.6 Å². The van der Waals surface area contributed by atoms with E-state index in [0.717, 1.165) is 6.54 Å². The summed E-state index contributed by atoms with van der Waals surface area (Å²) in [7, 11) is -0.0130. The molecule has 0 unspecified atom stereocenters. The van der Waals surface area contributed by atoms with Gasteiger partial charge in [-0.1, -0.05) is 6.92 Å². The van der Waals surface area contributed by atoms with Gasteiger partial charge < -0.3 is 19.4 Å². The lowest BCUT2D eigenvalue weighted by Gasteiger charge is -2.13. The van der Waals surface area contributed by atoms with Crippen LogP contribution in [0, 0.1) is 0 Å². The molecule has 0 aliphatic heterocycles. The quantitative estimate of drug-likeness (QED) is 0.569. The summed E-state index contributed by atoms with van der Waals surface area (Å²) in [6.45, 7) is 5.65. The van der Waals surface area contributed by atoms with Crippen LogP contribution in [0.1, 0.15) is 12.7 Å². The van der Waals surface area contributed by atoms with Gasteiger partial charge in [0.05, 0.1) is 13.2 Å². The fourth-order valence-electron chi connectivity index (χ4n) is 1.58. The van der Waals surface area contributed by atoms with Crippen molar-refractivity contribution in [1.29, 1.82) is 0 Å². The van der Waals surface area contributed by atoms with Crippen LogP contribution in [-0.4, -0.2) is 60.3 Å². The molecule has 0 atom stereocenters. The second-order valence-corrected chi connectivity index (χ2v) is 6.38. The Bertz CT molecular complexity index is 501. The van der Waals surface area contributed by atoms with Crippen molar-refractivity contribution in [2.75, 3.05) is 46.9 Å². The molecule has 0 aromatic carbocycles. The van der Waals surface area contributed by atoms with Crippen LogP contribution in [0.4, 0.5) is 0 Å². The maximum absolute atomic E-state index is 12.0. The van der Waals surface area contributed by atoms with Crippen molar-refractivity contribution >= 4 is 10.0 Å². The van der Waals surface area contributed by atoms with E-state index in [1.54, 1.807) is 13.2 Å². The van der Waals surface area contributed by atoms with Crippen molar-refractivity contribution in [2.24, 2.45) is 0 Å². The van der Waals surface area contributed by atoms with Crippen molar-refractivity contribution in [3.8, 4) is 0 Å². The summed E-state index contributed by atoms with van der Waals surface area (Å²) in [4.78, 5) is 2.02. The lowest BCUT2D eigenvalue weighted by Crippen LogP contribution is -2.32. The van der Waals surface area contributed by atoms with E-state index in [9.17, 15) is 8.42 Å². The molecule has 7 nitrogen and oxygen atoms in total. The first-order valence-electron chi connectivity index (χ1n) is 6.96. The summed E-state index contributed by atoms with van der Waals surface area (Å²) in [5.41, 5.74) is 0. The Hall–Kier alpha value is -0.930. The number of ether oxygens (including phenoxy) is 1. The van der Waals surface area contributed by atoms with E-state index in [1.807, 2.05) is 18.9 Å². The van der Waals surface area contributed by atoms with Crippen LogP contribution in [0.3, 0.4) is 0 Å². The van der Waals surface area contributed by atoms with Crippen LogP contribution in [0.5, 0.6) is 0 Å². The molecular formula is C13H25N3O4S. The summed E-state index contributed by atoms with van der Waals surface area (Å²) in [6.07, 6.45) is 0. The van der Waals surface area contributed by atoms with E-state index in [-0.39, 0.29) is 5.09 Å². The highest BCUT2D eigenvalue weighted by atomic mass is 32.2. The zero-order valence-corrected chi connectivity index (χ0v) is 13.7. The first-order chi connectivity index (χ1) is 9.99. The highest BCUT2D eigenvalue weighted by Crippen LogP contribution is 2.13. The molecule has 0 fully saturated rings. The number of methoxy groups -OCH3 is 1. The summed E-state index contributed by atoms with van der Waals surface area (Å²) in [5, 5.41) is 3.04. The maximum atomic E-state index is 12.0. The van der Waals surface area contributed by atoms with Gasteiger partial charge in [0, 0.05) is 26.7 Å². The number of furan rings is 1. The fourth-order valence-corrected chi connectivity index (χ4v) is 2.55. The van der Waals surface area contributed by atoms with Crippen LogP contribution < -0.4 is 10.0 Å². The van der Waals surface area contributed by atoms with Crippen LogP contribution in [0.15, 0.2) is 21.6 Å². The van der Waals surface area contributed by atoms with Gasteiger partial charge in [-0.3, -0.25) is 0 Å². The molecule has 0 aliphatic carbocycles. The molecule has 0 bridgehead atoms. The summed E-state index contributed by atoms with van der Waals surface area (Å²) in [6, 6.07) is 3.13. The van der Waals surface area contributed by atoms with Crippen molar-refractivity contribution in [1.82, 2.24) is 14.9 Å². The first kappa shape index (κ1) is 18.1. The van der Waals surface area contributed by atoms with Gasteiger partial charge in [-0.05, 0) is 25.7 Å². The summed E-state index contributed by atoms with van der Waals surface area (Å²) in [5.74, 6) is 0.581. The molecule has 122 valence electrons. The lowest BCUT2D eigenvalue weighted by molar-refractivity contribution is 0.198. The molecule has 21 heavy (non-hydrogen) atoms. The van der Waals surface area contributed by atoms with E-state index in [0.29, 0.717) is 38.5 Å². The van der Waals surface area contributed by atoms with Gasteiger partial charge in [0.15, 0.2) is 0 Å². The largest absolute Gasteiger partial charge is 0.447 e. The SMILES string of the molecule is CCN(C)CCNS(=O)(=O)c1ccc(CNCCOC)o1. The molecule has 1 rings (SSSR count). The van der Waals surface area contributed by atoms with Gasteiger partial charge in [-0.15, -0.1) is 0 Å². The van der Waals surface area contributed by atoms with Crippen LogP contribution in [-0.2, 0) is 21.3 Å². The van der Waals surface area contributed by atoms with E-state index >= 15 is 0 Å². The molecule has 1 aromatic heterocycles. The molecule has 0 saturated carbocycles. The fraction of sp³-hybridized carbons (Fsp3) is 0.692. The Balaban J connectivity index is 2.46. The third-order valence-electron chi connectivity index (χ3n) is 3.01. The number of rotatable bonds is 11. The number of hydrogen-bond acceptors (Lipinski definition) is 6. The number of nitrogens with zero attached hydrogens (tertiary/aromatic N) is 1. The minimum atomic E-state index is -3.57. The van der Waals surface area contributed by atoms with E-state index in [1.165, 1.54) is 6.07 Å². The third-order valence-corrected chi connectivity index (χ3v) is 4.34. The van der Waals surface area contributed by atoms with E-state index < -0.39 is 10.0 Å². The average molecular weight is 319 g/mol. The Kier molecular flexibility index (Phi) is 7.91. The number of likely N-dealkylation sites (N-methyl/N-ethyl adjacent to an activating group) is 1. The van der Waals surface area contributed by atoms with Crippen molar-refractivity contribution in [3.05, 3.63) is 17.9 Å². The molecule has 0 saturated heterocycles. The summed E-state index contributed by atoms with van der Waals surface area (Å²) < 4.78 is 36.8. The summed E-state index contributed by atoms with van der Waals surface area (Å²) >= 11 is 0. The van der Waals surface area contributed by atoms with Crippen LogP contribution >= 0.6 is 0 Å². The van der Waals surface area contributed by atoms with Gasteiger partial charge in [0.2, 0.25) is 5.09 Å². The first-order valence-corrected chi connectivity index (χ1v) is 8.44. The smallest absolute Gasteiger partial charge is 0.274 e. The van der Waals surface area contributed by atoms with Crippen LogP contribution in [0.25, 0.3) is 0 Å². The molecule has 0 spiro atoms. The standard InChI is InChI=1S/C13H25N3O4S/c1-4-16(2)9-7-15-21(17,18)13-6-5-12(20-13)11-14-8-10-19-3/h5-6,14-15H,4,7-11H2,1-3H3. The van der Waals surface area contributed by atoms with E-state index in [4.69, 9.17) is 9.15 Å². The molecule has 0 amide bonds. The lowest BCUT2D eigenvalue weighted by atomic mass is 10.4. The van der Waals surface area contributed by atoms with Crippen molar-refractivity contribution in [3.63, 3.8) is 0 Å². The molecule has 2 N–H and O–H groups in total. The maximum Gasteiger partial charge on any atom is 0.274 e. The Morgan fingerprint density at radius 1 is 1.33 bits per heavy atom. The third kappa shape index (κ3) is 6.58. The Morgan fingerprint density at radius 3 is 2.76 bits per heavy atom. The van der Waals surface area contributed by atoms with Gasteiger partial charge in [0.1, 0.15) is 5.76 Å². The average Bonchev–Trinajstić information content (AvgIpc) is 2.93. The van der Waals surface area contributed by atoms with Gasteiger partial charge >= 0.3 is 0 Å². The Labute approximate surface area is 126 Å². The highest BCUT2D eigenvalue weighted by molar-refractivity contribution is 7.89. The molecule has 1 aromatic rings. The number of nitrogens with one attached hydrogen (secondary N) is 2. The zero-order chi connectivity index (χ0) is 15.7. The van der Waals surface area contributed by atoms with Crippen LogP contribution in [0.2, 0.25) is 0 Å². The Morgan fingerprint density at radius 2 is 2.10 bits per heavy atom. The van der Waals surface area contributed by atoms with Gasteiger partial charge in [-0.25, -0.2) is 13.1 Å². The normalized spacial score (nSPS) is 12.2. The molecule has 1 heterocycles. The van der Waals surface area contributed by atoms with Gasteiger partial charge in [-0.2, -0.15) is 0 Å². The molecule has 8 heteroatoms. The van der Waals surface area contributed by atoms with E-state index in [2.05, 4.69) is 10.0 Å². The number of hydrogen-bond donors (Lipinski definition) is 2. The van der Waals surface area contributed by atoms with Gasteiger partial charge in [0.25, 0.3) is 10.0 Å². The predicted molar refractivity (Wildman–Crippen MR) is 80.7 cm³/mol. The zero-order valence-electron chi connectivity index (χ0n) is 12.9. The van der Waals surface area contributed by atoms with Crippen molar-refractivity contribution < 1.29 is 17.6 Å². The minimum absolute atomic E-state index is 0.0507. The molecular weight excluding hydrogens is 294 g/mol. The predicted octanol–water partition coefficient (Wildman–Crippen LogP) is 0.246. The highest BCUT2D eigenvalue weighted by Gasteiger charge is 2.18. The molecule has 0 aliphatic rings. The minimum Gasteiger partial charge on any atom is -0.447 e. The molecule has 0 radical (unpaired) electrons. The topological polar surface area (TPSA) is 83.8 Å². The number of sulfonamides is 1. The monoisotopic (exact) mass is 319 g/mol.